The number of aromatic nitrogens is 2. The molecule has 0 aromatic carbocycles. The van der Waals surface area contributed by atoms with E-state index in [-0.39, 0.29) is 12.0 Å². The lowest BCUT2D eigenvalue weighted by Crippen LogP contribution is -2.38. The second-order valence-electron chi connectivity index (χ2n) is 6.58. The second-order valence-corrected chi connectivity index (χ2v) is 6.58. The van der Waals surface area contributed by atoms with Crippen LogP contribution in [0.15, 0.2) is 0 Å². The van der Waals surface area contributed by atoms with Crippen molar-refractivity contribution in [1.29, 1.82) is 0 Å². The number of ether oxygens (including phenoxy) is 2. The Morgan fingerprint density at radius 3 is 2.67 bits per heavy atom. The summed E-state index contributed by atoms with van der Waals surface area (Å²) in [7, 11) is 0. The number of aryl methyl sites for hydroxylation is 2. The number of nitrogens with one attached hydrogen (secondary N) is 2. The third kappa shape index (κ3) is 4.20. The summed E-state index contributed by atoms with van der Waals surface area (Å²) >= 11 is 0. The Balaban J connectivity index is 2.14. The number of rotatable bonds is 3. The van der Waals surface area contributed by atoms with Gasteiger partial charge < -0.3 is 19.8 Å². The summed E-state index contributed by atoms with van der Waals surface area (Å²) in [6, 6.07) is -0.213. The van der Waals surface area contributed by atoms with Crippen LogP contribution in [0.25, 0.3) is 0 Å². The fraction of sp³-hybridized carbons (Fsp3) is 0.733. The van der Waals surface area contributed by atoms with Gasteiger partial charge in [-0.2, -0.15) is 0 Å². The van der Waals surface area contributed by atoms with Gasteiger partial charge >= 0.3 is 6.09 Å². The molecule has 2 N–H and O–H groups in total. The summed E-state index contributed by atoms with van der Waals surface area (Å²) in [5, 5.41) is 2.94. The van der Waals surface area contributed by atoms with Gasteiger partial charge in [0.05, 0.1) is 18.3 Å². The van der Waals surface area contributed by atoms with E-state index in [1.54, 1.807) is 0 Å². The Morgan fingerprint density at radius 1 is 1.48 bits per heavy atom. The van der Waals surface area contributed by atoms with E-state index in [0.29, 0.717) is 6.61 Å². The van der Waals surface area contributed by atoms with E-state index in [9.17, 15) is 4.79 Å². The molecule has 1 aliphatic rings. The normalized spacial score (nSPS) is 20.3. The lowest BCUT2D eigenvalue weighted by molar-refractivity contribution is 0.0478. The van der Waals surface area contributed by atoms with Crippen molar-refractivity contribution >= 4 is 6.09 Å². The minimum absolute atomic E-state index is 0.211. The molecule has 0 saturated carbocycles. The number of imidazole rings is 1. The Morgan fingerprint density at radius 2 is 2.19 bits per heavy atom. The molecule has 0 spiro atoms. The molecule has 0 bridgehead atoms. The highest BCUT2D eigenvalue weighted by atomic mass is 16.6. The van der Waals surface area contributed by atoms with Crippen LogP contribution in [0.1, 0.15) is 50.4 Å². The van der Waals surface area contributed by atoms with Crippen LogP contribution >= 0.6 is 0 Å². The largest absolute Gasteiger partial charge is 0.444 e. The van der Waals surface area contributed by atoms with Crippen molar-refractivity contribution in [3.63, 3.8) is 0 Å². The van der Waals surface area contributed by atoms with E-state index in [1.807, 2.05) is 34.6 Å². The number of nitrogens with zero attached hydrogens (tertiary/aromatic N) is 1. The van der Waals surface area contributed by atoms with Crippen molar-refractivity contribution < 1.29 is 14.3 Å². The standard InChI is InChI=1S/C15H25N3O3/c1-9-10(2)17-13(16-9)12(11-6-7-20-8-11)18-14(19)21-15(3,4)5/h11-12H,6-8H2,1-5H3,(H,16,17)(H,18,19). The molecule has 21 heavy (non-hydrogen) atoms. The van der Waals surface area contributed by atoms with Crippen LogP contribution in [0.5, 0.6) is 0 Å². The minimum Gasteiger partial charge on any atom is -0.444 e. The molecule has 118 valence electrons. The molecule has 2 unspecified atom stereocenters. The maximum atomic E-state index is 12.1. The topological polar surface area (TPSA) is 76.2 Å². The van der Waals surface area contributed by atoms with E-state index < -0.39 is 11.7 Å². The van der Waals surface area contributed by atoms with E-state index in [0.717, 1.165) is 30.2 Å². The number of amides is 1. The van der Waals surface area contributed by atoms with Crippen LogP contribution in [0.4, 0.5) is 4.79 Å². The smallest absolute Gasteiger partial charge is 0.408 e. The predicted octanol–water partition coefficient (Wildman–Crippen LogP) is 2.63. The van der Waals surface area contributed by atoms with E-state index in [1.165, 1.54) is 0 Å². The van der Waals surface area contributed by atoms with Crippen molar-refractivity contribution in [3.8, 4) is 0 Å². The maximum absolute atomic E-state index is 12.1. The van der Waals surface area contributed by atoms with Crippen LogP contribution in [0.3, 0.4) is 0 Å². The first-order valence-electron chi connectivity index (χ1n) is 7.36. The zero-order valence-corrected chi connectivity index (χ0v) is 13.4. The average Bonchev–Trinajstić information content (AvgIpc) is 2.95. The van der Waals surface area contributed by atoms with Gasteiger partial charge in [-0.15, -0.1) is 0 Å². The molecule has 6 heteroatoms. The molecule has 1 saturated heterocycles. The molecule has 2 heterocycles. The van der Waals surface area contributed by atoms with Crippen LogP contribution < -0.4 is 5.32 Å². The first-order valence-corrected chi connectivity index (χ1v) is 7.36. The van der Waals surface area contributed by atoms with Crippen molar-refractivity contribution in [1.82, 2.24) is 15.3 Å². The molecule has 1 aromatic heterocycles. The Kier molecular flexibility index (Phi) is 4.56. The molecule has 2 rings (SSSR count). The van der Waals surface area contributed by atoms with Crippen molar-refractivity contribution in [2.75, 3.05) is 13.2 Å². The Hall–Kier alpha value is -1.56. The van der Waals surface area contributed by atoms with Crippen molar-refractivity contribution in [2.45, 2.75) is 52.7 Å². The number of carbonyl (C=O) groups excluding carboxylic acids is 1. The highest BCUT2D eigenvalue weighted by Gasteiger charge is 2.32. The summed E-state index contributed by atoms with van der Waals surface area (Å²) in [6.07, 6.45) is 0.477. The van der Waals surface area contributed by atoms with Gasteiger partial charge in [-0.25, -0.2) is 9.78 Å². The number of aromatic amines is 1. The number of hydrogen-bond acceptors (Lipinski definition) is 4. The van der Waals surface area contributed by atoms with Crippen LogP contribution in [0.2, 0.25) is 0 Å². The van der Waals surface area contributed by atoms with Gasteiger partial charge in [-0.3, -0.25) is 0 Å². The van der Waals surface area contributed by atoms with Crippen LogP contribution in [-0.4, -0.2) is 34.9 Å². The highest BCUT2D eigenvalue weighted by Crippen LogP contribution is 2.28. The monoisotopic (exact) mass is 295 g/mol. The molecule has 0 aliphatic carbocycles. The number of hydrogen-bond donors (Lipinski definition) is 2. The van der Waals surface area contributed by atoms with E-state index in [4.69, 9.17) is 9.47 Å². The average molecular weight is 295 g/mol. The summed E-state index contributed by atoms with van der Waals surface area (Å²) < 4.78 is 10.8. The van der Waals surface area contributed by atoms with E-state index >= 15 is 0 Å². The fourth-order valence-electron chi connectivity index (χ4n) is 2.38. The van der Waals surface area contributed by atoms with E-state index in [2.05, 4.69) is 15.3 Å². The minimum atomic E-state index is -0.518. The predicted molar refractivity (Wildman–Crippen MR) is 79.1 cm³/mol. The molecule has 1 aliphatic heterocycles. The second kappa shape index (κ2) is 6.05. The molecule has 1 aromatic rings. The van der Waals surface area contributed by atoms with Gasteiger partial charge in [0.1, 0.15) is 11.4 Å². The molecular formula is C15H25N3O3. The maximum Gasteiger partial charge on any atom is 0.408 e. The molecular weight excluding hydrogens is 270 g/mol. The molecule has 0 radical (unpaired) electrons. The lowest BCUT2D eigenvalue weighted by atomic mass is 9.98. The van der Waals surface area contributed by atoms with Crippen molar-refractivity contribution in [3.05, 3.63) is 17.2 Å². The zero-order chi connectivity index (χ0) is 15.6. The van der Waals surface area contributed by atoms with Crippen molar-refractivity contribution in [2.24, 2.45) is 5.92 Å². The summed E-state index contributed by atoms with van der Waals surface area (Å²) in [5.74, 6) is 0.980. The van der Waals surface area contributed by atoms with Gasteiger partial charge in [-0.1, -0.05) is 0 Å². The molecule has 2 atom stereocenters. The van der Waals surface area contributed by atoms with Gasteiger partial charge in [0, 0.05) is 18.2 Å². The number of carbonyl (C=O) groups is 1. The first-order chi connectivity index (χ1) is 9.76. The first kappa shape index (κ1) is 15.8. The summed E-state index contributed by atoms with van der Waals surface area (Å²) in [5.41, 5.74) is 1.44. The van der Waals surface area contributed by atoms with Crippen LogP contribution in [0, 0.1) is 19.8 Å². The molecule has 1 fully saturated rings. The summed E-state index contributed by atoms with van der Waals surface area (Å²) in [4.78, 5) is 19.9. The van der Waals surface area contributed by atoms with Gasteiger partial charge in [-0.05, 0) is 41.0 Å². The molecule has 6 nitrogen and oxygen atoms in total. The number of alkyl carbamates (subject to hydrolysis) is 1. The molecule has 1 amide bonds. The van der Waals surface area contributed by atoms with Gasteiger partial charge in [0.25, 0.3) is 0 Å². The quantitative estimate of drug-likeness (QED) is 0.898. The lowest BCUT2D eigenvalue weighted by Gasteiger charge is -2.25. The third-order valence-electron chi connectivity index (χ3n) is 3.55. The Bertz CT molecular complexity index is 479. The third-order valence-corrected chi connectivity index (χ3v) is 3.55. The van der Waals surface area contributed by atoms with Gasteiger partial charge in [0.2, 0.25) is 0 Å². The fourth-order valence-corrected chi connectivity index (χ4v) is 2.38. The zero-order valence-electron chi connectivity index (χ0n) is 13.4. The summed E-state index contributed by atoms with van der Waals surface area (Å²) in [6.45, 7) is 10.8. The number of H-pyrrole nitrogens is 1. The SMILES string of the molecule is Cc1nc(C(NC(=O)OC(C)(C)C)C2CCOC2)[nH]c1C. The highest BCUT2D eigenvalue weighted by molar-refractivity contribution is 5.68. The van der Waals surface area contributed by atoms with Gasteiger partial charge in [0.15, 0.2) is 0 Å². The van der Waals surface area contributed by atoms with Crippen LogP contribution in [-0.2, 0) is 9.47 Å². The Labute approximate surface area is 125 Å².